The predicted molar refractivity (Wildman–Crippen MR) is 88.4 cm³/mol. The highest BCUT2D eigenvalue weighted by atomic mass is 32.2. The van der Waals surface area contributed by atoms with Crippen LogP contribution in [0.3, 0.4) is 0 Å². The Balaban J connectivity index is 1.74. The van der Waals surface area contributed by atoms with Crippen LogP contribution < -0.4 is 5.32 Å². The van der Waals surface area contributed by atoms with Gasteiger partial charge in [-0.05, 0) is 13.3 Å². The predicted octanol–water partition coefficient (Wildman–Crippen LogP) is 0.644. The van der Waals surface area contributed by atoms with Crippen LogP contribution >= 0.6 is 23.1 Å². The number of ether oxygens (including phenoxy) is 1. The van der Waals surface area contributed by atoms with Crippen LogP contribution in [0, 0.1) is 0 Å². The Bertz CT molecular complexity index is 671. The van der Waals surface area contributed by atoms with Crippen molar-refractivity contribution in [2.45, 2.75) is 30.1 Å². The van der Waals surface area contributed by atoms with Crippen molar-refractivity contribution >= 4 is 44.8 Å². The molecular weight excluding hydrogens is 360 g/mol. The first kappa shape index (κ1) is 18.2. The molecular formula is C13H18N2O5S3. The Morgan fingerprint density at radius 1 is 1.52 bits per heavy atom. The van der Waals surface area contributed by atoms with E-state index < -0.39 is 9.84 Å². The number of thiazole rings is 1. The summed E-state index contributed by atoms with van der Waals surface area (Å²) in [6.07, 6.45) is 0.594. The van der Waals surface area contributed by atoms with Gasteiger partial charge in [-0.3, -0.25) is 9.59 Å². The van der Waals surface area contributed by atoms with Crippen molar-refractivity contribution in [3.05, 3.63) is 11.1 Å². The van der Waals surface area contributed by atoms with Crippen molar-refractivity contribution < 1.29 is 22.7 Å². The number of carbonyl (C=O) groups is 2. The van der Waals surface area contributed by atoms with Gasteiger partial charge in [0.1, 0.15) is 0 Å². The lowest BCUT2D eigenvalue weighted by Gasteiger charge is -2.09. The zero-order chi connectivity index (χ0) is 16.9. The van der Waals surface area contributed by atoms with E-state index in [4.69, 9.17) is 4.74 Å². The summed E-state index contributed by atoms with van der Waals surface area (Å²) in [7, 11) is -3.00. The minimum absolute atomic E-state index is 0.0182. The number of sulfone groups is 1. The molecule has 1 aromatic rings. The number of nitrogens with zero attached hydrogens (tertiary/aromatic N) is 1. The largest absolute Gasteiger partial charge is 0.466 e. The van der Waals surface area contributed by atoms with E-state index >= 15 is 0 Å². The summed E-state index contributed by atoms with van der Waals surface area (Å²) in [5, 5.41) is 4.49. The second kappa shape index (κ2) is 8.11. The maximum atomic E-state index is 11.8. The van der Waals surface area contributed by atoms with E-state index in [-0.39, 0.29) is 41.6 Å². The van der Waals surface area contributed by atoms with Gasteiger partial charge in [0, 0.05) is 11.4 Å². The molecule has 0 saturated carbocycles. The van der Waals surface area contributed by atoms with E-state index in [0.29, 0.717) is 23.1 Å². The van der Waals surface area contributed by atoms with E-state index in [1.54, 1.807) is 12.3 Å². The molecule has 7 nitrogen and oxygen atoms in total. The Labute approximate surface area is 143 Å². The van der Waals surface area contributed by atoms with Crippen LogP contribution in [0.2, 0.25) is 0 Å². The van der Waals surface area contributed by atoms with Crippen LogP contribution in [0.5, 0.6) is 0 Å². The van der Waals surface area contributed by atoms with Crippen LogP contribution in [0.15, 0.2) is 9.72 Å². The number of rotatable bonds is 7. The first-order chi connectivity index (χ1) is 10.9. The molecule has 2 rings (SSSR count). The van der Waals surface area contributed by atoms with Gasteiger partial charge >= 0.3 is 5.97 Å². The molecule has 0 spiro atoms. The molecule has 1 aliphatic rings. The van der Waals surface area contributed by atoms with Gasteiger partial charge in [0.2, 0.25) is 5.91 Å². The summed E-state index contributed by atoms with van der Waals surface area (Å²) >= 11 is 2.63. The topological polar surface area (TPSA) is 102 Å². The van der Waals surface area contributed by atoms with Crippen LogP contribution in [0.25, 0.3) is 0 Å². The standard InChI is InChI=1S/C13H18N2O5S3/c1-2-20-12(17)5-10-6-21-13(15-10)22-7-11(16)14-9-3-4-23(18,19)8-9/h6,9H,2-5,7-8H2,1H3,(H,14,16)/t9-/m1/s1. The summed E-state index contributed by atoms with van der Waals surface area (Å²) in [6, 6.07) is -0.288. The first-order valence-corrected chi connectivity index (χ1v) is 10.8. The number of amides is 1. The van der Waals surface area contributed by atoms with E-state index in [1.807, 2.05) is 0 Å². The molecule has 2 heterocycles. The summed E-state index contributed by atoms with van der Waals surface area (Å²) in [6.45, 7) is 2.08. The van der Waals surface area contributed by atoms with Crippen molar-refractivity contribution in [1.82, 2.24) is 10.3 Å². The SMILES string of the molecule is CCOC(=O)Cc1csc(SCC(=O)N[C@@H]2CCS(=O)(=O)C2)n1. The summed E-state index contributed by atoms with van der Waals surface area (Å²) in [5.74, 6) is -0.212. The average molecular weight is 378 g/mol. The molecule has 0 unspecified atom stereocenters. The summed E-state index contributed by atoms with van der Waals surface area (Å²) in [5.41, 5.74) is 0.623. The number of aromatic nitrogens is 1. The lowest BCUT2D eigenvalue weighted by Crippen LogP contribution is -2.36. The fourth-order valence-corrected chi connectivity index (χ4v) is 5.43. The fourth-order valence-electron chi connectivity index (χ4n) is 2.10. The van der Waals surface area contributed by atoms with Gasteiger partial charge in [-0.2, -0.15) is 0 Å². The molecule has 0 aromatic carbocycles. The molecule has 1 atom stereocenters. The van der Waals surface area contributed by atoms with E-state index in [0.717, 1.165) is 0 Å². The maximum absolute atomic E-state index is 11.8. The molecule has 1 saturated heterocycles. The van der Waals surface area contributed by atoms with Crippen LogP contribution in [-0.2, 0) is 30.6 Å². The van der Waals surface area contributed by atoms with Crippen LogP contribution in [0.1, 0.15) is 19.0 Å². The Morgan fingerprint density at radius 3 is 2.96 bits per heavy atom. The number of hydrogen-bond acceptors (Lipinski definition) is 8. The molecule has 1 amide bonds. The second-order valence-corrected chi connectivity index (χ2v) is 9.35. The van der Waals surface area contributed by atoms with Gasteiger partial charge in [-0.15, -0.1) is 11.3 Å². The van der Waals surface area contributed by atoms with Crippen molar-refractivity contribution in [2.75, 3.05) is 23.9 Å². The van der Waals surface area contributed by atoms with Crippen molar-refractivity contribution in [3.8, 4) is 0 Å². The lowest BCUT2D eigenvalue weighted by atomic mass is 10.3. The molecule has 0 bridgehead atoms. The highest BCUT2D eigenvalue weighted by Gasteiger charge is 2.28. The molecule has 23 heavy (non-hydrogen) atoms. The highest BCUT2D eigenvalue weighted by molar-refractivity contribution is 8.01. The maximum Gasteiger partial charge on any atom is 0.311 e. The normalized spacial score (nSPS) is 19.4. The highest BCUT2D eigenvalue weighted by Crippen LogP contribution is 2.23. The lowest BCUT2D eigenvalue weighted by molar-refractivity contribution is -0.142. The molecule has 0 radical (unpaired) electrons. The average Bonchev–Trinajstić information content (AvgIpc) is 3.03. The molecule has 10 heteroatoms. The summed E-state index contributed by atoms with van der Waals surface area (Å²) in [4.78, 5) is 27.4. The van der Waals surface area contributed by atoms with Crippen LogP contribution in [0.4, 0.5) is 0 Å². The van der Waals surface area contributed by atoms with Crippen molar-refractivity contribution in [3.63, 3.8) is 0 Å². The monoisotopic (exact) mass is 378 g/mol. The zero-order valence-electron chi connectivity index (χ0n) is 12.6. The number of hydrogen-bond donors (Lipinski definition) is 1. The Morgan fingerprint density at radius 2 is 2.30 bits per heavy atom. The van der Waals surface area contributed by atoms with E-state index in [2.05, 4.69) is 10.3 Å². The van der Waals surface area contributed by atoms with Gasteiger partial charge < -0.3 is 10.1 Å². The van der Waals surface area contributed by atoms with Gasteiger partial charge in [0.05, 0.1) is 36.0 Å². The molecule has 0 aliphatic carbocycles. The smallest absolute Gasteiger partial charge is 0.311 e. The number of carbonyl (C=O) groups excluding carboxylic acids is 2. The fraction of sp³-hybridized carbons (Fsp3) is 0.615. The second-order valence-electron chi connectivity index (χ2n) is 5.04. The van der Waals surface area contributed by atoms with Crippen molar-refractivity contribution in [2.24, 2.45) is 0 Å². The first-order valence-electron chi connectivity index (χ1n) is 7.10. The van der Waals surface area contributed by atoms with Gasteiger partial charge in [0.25, 0.3) is 0 Å². The molecule has 1 fully saturated rings. The Kier molecular flexibility index (Phi) is 6.42. The molecule has 128 valence electrons. The van der Waals surface area contributed by atoms with E-state index in [1.165, 1.54) is 23.1 Å². The molecule has 1 N–H and O–H groups in total. The van der Waals surface area contributed by atoms with Crippen molar-refractivity contribution in [1.29, 1.82) is 0 Å². The van der Waals surface area contributed by atoms with Crippen LogP contribution in [-0.4, -0.2) is 55.2 Å². The zero-order valence-corrected chi connectivity index (χ0v) is 15.1. The third kappa shape index (κ3) is 6.11. The third-order valence-corrected chi connectivity index (χ3v) is 6.92. The molecule has 1 aliphatic heterocycles. The summed E-state index contributed by atoms with van der Waals surface area (Å²) < 4.78 is 28.2. The quantitative estimate of drug-likeness (QED) is 0.549. The van der Waals surface area contributed by atoms with Gasteiger partial charge in [-0.1, -0.05) is 11.8 Å². The number of esters is 1. The van der Waals surface area contributed by atoms with Gasteiger partial charge in [0.15, 0.2) is 14.2 Å². The molecule has 1 aromatic heterocycles. The van der Waals surface area contributed by atoms with E-state index in [9.17, 15) is 18.0 Å². The third-order valence-electron chi connectivity index (χ3n) is 3.09. The minimum atomic E-state index is -3.00. The Hall–Kier alpha value is -1.13. The minimum Gasteiger partial charge on any atom is -0.466 e. The number of nitrogens with one attached hydrogen (secondary N) is 1. The number of thioether (sulfide) groups is 1. The van der Waals surface area contributed by atoms with Gasteiger partial charge in [-0.25, -0.2) is 13.4 Å².